The Morgan fingerprint density at radius 1 is 0.435 bits per heavy atom. The molecule has 3 rings (SSSR count). The summed E-state index contributed by atoms with van der Waals surface area (Å²) in [5.41, 5.74) is -22.4. The van der Waals surface area contributed by atoms with Gasteiger partial charge in [0.05, 0.1) is 0 Å². The molecule has 0 aliphatic heterocycles. The van der Waals surface area contributed by atoms with E-state index in [1.54, 1.807) is 0 Å². The van der Waals surface area contributed by atoms with Gasteiger partial charge in [-0.3, -0.25) is 0 Å². The Hall–Kier alpha value is -3.60. The van der Waals surface area contributed by atoms with Gasteiger partial charge in [0.2, 0.25) is 0 Å². The molecule has 0 spiro atoms. The Labute approximate surface area is 240 Å². The van der Waals surface area contributed by atoms with Gasteiger partial charge in [0.15, 0.2) is 0 Å². The summed E-state index contributed by atoms with van der Waals surface area (Å²) in [5, 5.41) is 22.0. The number of benzene rings is 3. The molecular weight excluding hydrogens is 694 g/mol. The topological polar surface area (TPSA) is 113 Å². The van der Waals surface area contributed by atoms with Gasteiger partial charge < -0.3 is 26.8 Å². The highest BCUT2D eigenvalue weighted by Crippen LogP contribution is 2.60. The fourth-order valence-corrected chi connectivity index (χ4v) is 4.73. The average Bonchev–Trinajstić information content (AvgIpc) is 2.83. The highest BCUT2D eigenvalue weighted by Gasteiger charge is 2.76. The van der Waals surface area contributed by atoms with Crippen molar-refractivity contribution in [2.45, 2.75) is 53.9 Å². The van der Waals surface area contributed by atoms with Crippen LogP contribution in [0.3, 0.4) is 0 Å². The number of hydrogen-bond donors (Lipinski definition) is 5. The number of alkyl halides is 18. The lowest BCUT2D eigenvalue weighted by atomic mass is 9.77. The Kier molecular flexibility index (Phi) is 7.98. The first-order chi connectivity index (χ1) is 20.1. The summed E-state index contributed by atoms with van der Waals surface area (Å²) in [6, 6.07) is -0.864. The quantitative estimate of drug-likeness (QED) is 0.114. The molecule has 5 nitrogen and oxygen atoms in total. The molecule has 0 bridgehead atoms. The Balaban J connectivity index is 2.99. The lowest BCUT2D eigenvalue weighted by Crippen LogP contribution is -2.56. The molecule has 0 saturated heterocycles. The van der Waals surface area contributed by atoms with Gasteiger partial charge in [-0.15, -0.1) is 0 Å². The smallest absolute Gasteiger partial charge is 0.398 e. The maximum Gasteiger partial charge on any atom is 0.430 e. The van der Waals surface area contributed by atoms with E-state index < -0.39 is 110 Å². The molecule has 0 aliphatic carbocycles. The monoisotopic (exact) mass is 706 g/mol. The summed E-state index contributed by atoms with van der Waals surface area (Å²) in [6.45, 7) is 0. The van der Waals surface area contributed by atoms with Crippen molar-refractivity contribution >= 4 is 32.9 Å². The Morgan fingerprint density at radius 2 is 0.783 bits per heavy atom. The number of fused-ring (bicyclic) bond motifs is 3. The van der Waals surface area contributed by atoms with Crippen molar-refractivity contribution in [1.29, 1.82) is 0 Å². The van der Waals surface area contributed by atoms with E-state index >= 15 is 0 Å². The van der Waals surface area contributed by atoms with Crippen molar-refractivity contribution in [3.8, 4) is 0 Å². The second-order valence-corrected chi connectivity index (χ2v) is 9.62. The van der Waals surface area contributed by atoms with Gasteiger partial charge in [-0.1, -0.05) is 18.2 Å². The standard InChI is InChI=1S/C23H12F18N2O3/c24-18(25,26)15(44,19(27,28)29)8-5-9(16(45,20(30,31)32)21(33,34)35)14(43)7-3-1-6-2-4-10(42)13(11(6)12(7)8)17(46,22(36,37)38)23(39,40)41/h1-5,44-46H,42-43H2. The summed E-state index contributed by atoms with van der Waals surface area (Å²) in [7, 11) is 0. The molecule has 3 aromatic rings. The number of nitrogen functional groups attached to an aromatic ring is 2. The Bertz CT molecular complexity index is 1640. The molecule has 0 heterocycles. The van der Waals surface area contributed by atoms with Crippen molar-refractivity contribution < 1.29 is 94.3 Å². The van der Waals surface area contributed by atoms with Crippen LogP contribution in [0.5, 0.6) is 0 Å². The van der Waals surface area contributed by atoms with Crippen LogP contribution in [-0.4, -0.2) is 52.4 Å². The molecule has 0 amide bonds. The molecule has 0 atom stereocenters. The van der Waals surface area contributed by atoms with Crippen LogP contribution in [0.25, 0.3) is 21.5 Å². The zero-order valence-corrected chi connectivity index (χ0v) is 21.2. The van der Waals surface area contributed by atoms with Crippen LogP contribution in [0, 0.1) is 0 Å². The number of aliphatic hydroxyl groups is 3. The molecule has 0 aliphatic rings. The summed E-state index contributed by atoms with van der Waals surface area (Å²) in [5.74, 6) is 0. The maximum atomic E-state index is 14.1. The van der Waals surface area contributed by atoms with E-state index in [2.05, 4.69) is 0 Å². The molecule has 0 fully saturated rings. The predicted molar refractivity (Wildman–Crippen MR) is 118 cm³/mol. The van der Waals surface area contributed by atoms with Crippen LogP contribution >= 0.6 is 0 Å². The predicted octanol–water partition coefficient (Wildman–Crippen LogP) is 7.09. The third-order valence-corrected chi connectivity index (χ3v) is 6.96. The van der Waals surface area contributed by atoms with Crippen molar-refractivity contribution in [3.63, 3.8) is 0 Å². The third-order valence-electron chi connectivity index (χ3n) is 6.96. The number of hydrogen-bond acceptors (Lipinski definition) is 5. The average molecular weight is 706 g/mol. The summed E-state index contributed by atoms with van der Waals surface area (Å²) < 4.78 is 250. The first-order valence-electron chi connectivity index (χ1n) is 11.3. The zero-order chi connectivity index (χ0) is 36.2. The zero-order valence-electron chi connectivity index (χ0n) is 21.2. The highest BCUT2D eigenvalue weighted by atomic mass is 19.4. The van der Waals surface area contributed by atoms with E-state index in [4.69, 9.17) is 11.5 Å². The first kappa shape index (κ1) is 36.9. The second-order valence-electron chi connectivity index (χ2n) is 9.62. The van der Waals surface area contributed by atoms with Crippen LogP contribution in [-0.2, 0) is 16.8 Å². The van der Waals surface area contributed by atoms with Crippen LogP contribution in [0.1, 0.15) is 16.7 Å². The molecule has 0 saturated carbocycles. The molecule has 0 unspecified atom stereocenters. The van der Waals surface area contributed by atoms with Gasteiger partial charge in [0, 0.05) is 33.5 Å². The van der Waals surface area contributed by atoms with E-state index in [9.17, 15) is 94.3 Å². The highest BCUT2D eigenvalue weighted by molar-refractivity contribution is 6.16. The van der Waals surface area contributed by atoms with Gasteiger partial charge in [0.1, 0.15) is 0 Å². The third kappa shape index (κ3) is 4.79. The van der Waals surface area contributed by atoms with E-state index in [0.717, 1.165) is 0 Å². The van der Waals surface area contributed by atoms with Crippen molar-refractivity contribution in [2.75, 3.05) is 11.5 Å². The molecule has 46 heavy (non-hydrogen) atoms. The van der Waals surface area contributed by atoms with Gasteiger partial charge in [-0.2, -0.15) is 79.0 Å². The minimum Gasteiger partial charge on any atom is -0.398 e. The first-order valence-corrected chi connectivity index (χ1v) is 11.3. The number of anilines is 2. The van der Waals surface area contributed by atoms with Crippen molar-refractivity contribution in [2.24, 2.45) is 0 Å². The van der Waals surface area contributed by atoms with Gasteiger partial charge >= 0.3 is 37.1 Å². The summed E-state index contributed by atoms with van der Waals surface area (Å²) in [6.07, 6.45) is -42.7. The molecular formula is C23H12F18N2O3. The second kappa shape index (κ2) is 9.95. The summed E-state index contributed by atoms with van der Waals surface area (Å²) in [4.78, 5) is 0. The number of rotatable bonds is 3. The van der Waals surface area contributed by atoms with E-state index in [1.165, 1.54) is 0 Å². The van der Waals surface area contributed by atoms with Gasteiger partial charge in [-0.25, -0.2) is 0 Å². The normalized spacial score (nSPS) is 15.2. The number of nitrogens with two attached hydrogens (primary N) is 2. The van der Waals surface area contributed by atoms with Crippen LogP contribution in [0.15, 0.2) is 30.3 Å². The van der Waals surface area contributed by atoms with Crippen molar-refractivity contribution in [1.82, 2.24) is 0 Å². The van der Waals surface area contributed by atoms with Gasteiger partial charge in [-0.05, 0) is 28.3 Å². The lowest BCUT2D eigenvalue weighted by molar-refractivity contribution is -0.378. The molecule has 7 N–H and O–H groups in total. The fraction of sp³-hybridized carbons (Fsp3) is 0.391. The van der Waals surface area contributed by atoms with E-state index in [0.29, 0.717) is 6.07 Å². The van der Waals surface area contributed by atoms with E-state index in [-0.39, 0.29) is 18.2 Å². The SMILES string of the molecule is Nc1ccc2ccc3c(N)c(C(O)(C(F)(F)F)C(F)(F)F)cc(C(O)(C(F)(F)F)C(F)(F)F)c3c2c1C(O)(C(F)(F)F)C(F)(F)F. The van der Waals surface area contributed by atoms with Crippen LogP contribution in [0.4, 0.5) is 90.4 Å². The number of halogens is 18. The minimum atomic E-state index is -7.28. The van der Waals surface area contributed by atoms with Crippen LogP contribution < -0.4 is 11.5 Å². The summed E-state index contributed by atoms with van der Waals surface area (Å²) >= 11 is 0. The lowest BCUT2D eigenvalue weighted by Gasteiger charge is -2.38. The molecule has 3 aromatic carbocycles. The fourth-order valence-electron chi connectivity index (χ4n) is 4.73. The van der Waals surface area contributed by atoms with Gasteiger partial charge in [0.25, 0.3) is 16.8 Å². The van der Waals surface area contributed by atoms with Crippen LogP contribution in [0.2, 0.25) is 0 Å². The molecule has 258 valence electrons. The largest absolute Gasteiger partial charge is 0.430 e. The Morgan fingerprint density at radius 3 is 1.15 bits per heavy atom. The molecule has 0 radical (unpaired) electrons. The van der Waals surface area contributed by atoms with Crippen molar-refractivity contribution in [3.05, 3.63) is 47.0 Å². The maximum absolute atomic E-state index is 14.1. The minimum absolute atomic E-state index is 0.0272. The van der Waals surface area contributed by atoms with E-state index in [1.807, 2.05) is 0 Å². The molecule has 0 aromatic heterocycles. The molecule has 23 heteroatoms.